The fourth-order valence-corrected chi connectivity index (χ4v) is 5.56. The molecule has 0 aliphatic carbocycles. The minimum atomic E-state index is -0.667. The number of carbonyl (C=O) groups excluding carboxylic acids is 1. The Morgan fingerprint density at radius 2 is 1.97 bits per heavy atom. The molecular weight excluding hydrogens is 463 g/mol. The van der Waals surface area contributed by atoms with Crippen LogP contribution in [0.1, 0.15) is 42.0 Å². The van der Waals surface area contributed by atoms with Crippen molar-refractivity contribution in [3.8, 4) is 5.75 Å². The Balaban J connectivity index is 1.48. The van der Waals surface area contributed by atoms with E-state index in [1.54, 1.807) is 23.5 Å². The molecule has 2 heterocycles. The Kier molecular flexibility index (Phi) is 8.55. The molecule has 2 unspecified atom stereocenters. The van der Waals surface area contributed by atoms with Crippen molar-refractivity contribution in [2.45, 2.75) is 32.4 Å². The second-order valence-corrected chi connectivity index (χ2v) is 10.4. The van der Waals surface area contributed by atoms with E-state index in [1.165, 1.54) is 17.0 Å². The van der Waals surface area contributed by atoms with Crippen molar-refractivity contribution in [1.29, 1.82) is 0 Å². The second-order valence-electron chi connectivity index (χ2n) is 9.43. The monoisotopic (exact) mass is 496 g/mol. The van der Waals surface area contributed by atoms with E-state index in [0.29, 0.717) is 31.3 Å². The highest BCUT2D eigenvalue weighted by atomic mass is 32.1. The summed E-state index contributed by atoms with van der Waals surface area (Å²) in [6, 6.07) is 17.5. The summed E-state index contributed by atoms with van der Waals surface area (Å²) in [5.74, 6) is 0.460. The number of fused-ring (bicyclic) bond motifs is 1. The summed E-state index contributed by atoms with van der Waals surface area (Å²) in [4.78, 5) is 18.8. The summed E-state index contributed by atoms with van der Waals surface area (Å²) in [5, 5.41) is 12.8. The molecule has 0 bridgehead atoms. The molecule has 7 heteroatoms. The van der Waals surface area contributed by atoms with Gasteiger partial charge in [0.25, 0.3) is 0 Å². The van der Waals surface area contributed by atoms with Gasteiger partial charge in [-0.2, -0.15) is 0 Å². The van der Waals surface area contributed by atoms with Crippen LogP contribution in [-0.2, 0) is 11.2 Å². The molecule has 0 radical (unpaired) electrons. The van der Waals surface area contributed by atoms with E-state index >= 15 is 0 Å². The molecular formula is C28H33FN2O3S. The quantitative estimate of drug-likeness (QED) is 0.425. The van der Waals surface area contributed by atoms with Gasteiger partial charge in [-0.25, -0.2) is 4.39 Å². The van der Waals surface area contributed by atoms with Crippen LogP contribution in [0.2, 0.25) is 0 Å². The van der Waals surface area contributed by atoms with Crippen LogP contribution < -0.4 is 4.74 Å². The van der Waals surface area contributed by atoms with Crippen LogP contribution in [0.15, 0.2) is 66.0 Å². The van der Waals surface area contributed by atoms with Crippen molar-refractivity contribution in [2.24, 2.45) is 5.92 Å². The van der Waals surface area contributed by atoms with E-state index in [9.17, 15) is 14.3 Å². The molecule has 0 saturated heterocycles. The lowest BCUT2D eigenvalue weighted by Crippen LogP contribution is -2.47. The summed E-state index contributed by atoms with van der Waals surface area (Å²) < 4.78 is 19.6. The van der Waals surface area contributed by atoms with Crippen molar-refractivity contribution in [1.82, 2.24) is 9.80 Å². The third-order valence-corrected chi connectivity index (χ3v) is 7.21. The average molecular weight is 497 g/mol. The summed E-state index contributed by atoms with van der Waals surface area (Å²) in [6.45, 7) is 6.41. The molecule has 1 N–H and O–H groups in total. The van der Waals surface area contributed by atoms with Crippen LogP contribution in [0.4, 0.5) is 4.39 Å². The molecule has 1 aliphatic heterocycles. The third kappa shape index (κ3) is 6.69. The topological polar surface area (TPSA) is 53.0 Å². The maximum absolute atomic E-state index is 13.6. The van der Waals surface area contributed by atoms with Crippen molar-refractivity contribution < 1.29 is 19.0 Å². The highest BCUT2D eigenvalue weighted by molar-refractivity contribution is 7.10. The number of hydrogen-bond acceptors (Lipinski definition) is 5. The normalized spacial score (nSPS) is 16.4. The highest BCUT2D eigenvalue weighted by Gasteiger charge is 2.33. The summed E-state index contributed by atoms with van der Waals surface area (Å²) in [7, 11) is 0. The van der Waals surface area contributed by atoms with Crippen LogP contribution in [0.5, 0.6) is 5.75 Å². The third-order valence-electron chi connectivity index (χ3n) is 6.22. The molecule has 5 nitrogen and oxygen atoms in total. The number of carbonyl (C=O) groups is 1. The lowest BCUT2D eigenvalue weighted by molar-refractivity contribution is -0.136. The standard InChI is InChI=1S/C28H33FN2O3S/c1-20(2)16-30(17-26(32)21-7-4-3-5-8-21)18-28(33)31-13-11-27-24(12-14-35-27)25(31)19-34-23-10-6-9-22(29)15-23/h3-10,12,14-15,20,25-26,32H,11,13,16-19H2,1-2H3. The number of amides is 1. The number of halogens is 1. The van der Waals surface area contributed by atoms with Gasteiger partial charge in [-0.3, -0.25) is 9.69 Å². The first-order valence-corrected chi connectivity index (χ1v) is 13.0. The summed E-state index contributed by atoms with van der Waals surface area (Å²) in [6.07, 6.45) is 0.145. The minimum absolute atomic E-state index is 0.00982. The maximum atomic E-state index is 13.6. The fourth-order valence-electron chi connectivity index (χ4n) is 4.63. The average Bonchev–Trinajstić information content (AvgIpc) is 3.32. The Bertz CT molecular complexity index is 1100. The van der Waals surface area contributed by atoms with Crippen LogP contribution in [0.3, 0.4) is 0 Å². The van der Waals surface area contributed by atoms with Crippen molar-refractivity contribution in [3.05, 3.63) is 87.9 Å². The number of aliphatic hydroxyl groups excluding tert-OH is 1. The first-order valence-electron chi connectivity index (χ1n) is 12.1. The largest absolute Gasteiger partial charge is 0.491 e. The number of hydrogen-bond donors (Lipinski definition) is 1. The molecule has 2 atom stereocenters. The molecule has 35 heavy (non-hydrogen) atoms. The fraction of sp³-hybridized carbons (Fsp3) is 0.393. The molecule has 0 spiro atoms. The van der Waals surface area contributed by atoms with E-state index in [4.69, 9.17) is 4.74 Å². The Hall–Kier alpha value is -2.74. The second kappa shape index (κ2) is 11.8. The van der Waals surface area contributed by atoms with Gasteiger partial charge in [0, 0.05) is 30.6 Å². The predicted molar refractivity (Wildman–Crippen MR) is 137 cm³/mol. The van der Waals surface area contributed by atoms with Gasteiger partial charge in [0.15, 0.2) is 0 Å². The molecule has 1 aliphatic rings. The van der Waals surface area contributed by atoms with Crippen molar-refractivity contribution in [3.63, 3.8) is 0 Å². The first kappa shape index (κ1) is 25.4. The SMILES string of the molecule is CC(C)CN(CC(=O)N1CCc2sccc2C1COc1cccc(F)c1)CC(O)c1ccccc1. The van der Waals surface area contributed by atoms with Crippen LogP contribution >= 0.6 is 11.3 Å². The minimum Gasteiger partial charge on any atom is -0.491 e. The van der Waals surface area contributed by atoms with Gasteiger partial charge in [-0.15, -0.1) is 11.3 Å². The molecule has 186 valence electrons. The zero-order valence-corrected chi connectivity index (χ0v) is 21.1. The van der Waals surface area contributed by atoms with Crippen LogP contribution in [0.25, 0.3) is 0 Å². The summed E-state index contributed by atoms with van der Waals surface area (Å²) in [5.41, 5.74) is 1.95. The van der Waals surface area contributed by atoms with Gasteiger partial charge in [-0.05, 0) is 47.0 Å². The number of rotatable bonds is 10. The lowest BCUT2D eigenvalue weighted by atomic mass is 10.00. The molecule has 1 aromatic heterocycles. The van der Waals surface area contributed by atoms with Gasteiger partial charge in [0.2, 0.25) is 5.91 Å². The zero-order valence-electron chi connectivity index (χ0n) is 20.3. The van der Waals surface area contributed by atoms with Crippen molar-refractivity contribution >= 4 is 17.2 Å². The van der Waals surface area contributed by atoms with Crippen molar-refractivity contribution in [2.75, 3.05) is 32.8 Å². The smallest absolute Gasteiger partial charge is 0.237 e. The summed E-state index contributed by atoms with van der Waals surface area (Å²) >= 11 is 1.70. The Labute approximate surface area is 210 Å². The van der Waals surface area contributed by atoms with Gasteiger partial charge < -0.3 is 14.7 Å². The Morgan fingerprint density at radius 3 is 2.71 bits per heavy atom. The van der Waals surface area contributed by atoms with Gasteiger partial charge in [0.1, 0.15) is 18.2 Å². The molecule has 0 saturated carbocycles. The van der Waals surface area contributed by atoms with E-state index in [0.717, 1.165) is 17.5 Å². The van der Waals surface area contributed by atoms with E-state index < -0.39 is 6.10 Å². The number of nitrogens with zero attached hydrogens (tertiary/aromatic N) is 2. The molecule has 4 rings (SSSR count). The predicted octanol–water partition coefficient (Wildman–Crippen LogP) is 5.08. The first-order chi connectivity index (χ1) is 16.9. The Morgan fingerprint density at radius 1 is 1.17 bits per heavy atom. The van der Waals surface area contributed by atoms with Gasteiger partial charge >= 0.3 is 0 Å². The lowest BCUT2D eigenvalue weighted by Gasteiger charge is -2.37. The van der Waals surface area contributed by atoms with Gasteiger partial charge in [0.05, 0.1) is 18.7 Å². The number of benzene rings is 2. The molecule has 1 amide bonds. The van der Waals surface area contributed by atoms with Crippen LogP contribution in [0, 0.1) is 11.7 Å². The zero-order chi connectivity index (χ0) is 24.8. The van der Waals surface area contributed by atoms with E-state index in [2.05, 4.69) is 25.3 Å². The number of aliphatic hydroxyl groups is 1. The van der Waals surface area contributed by atoms with E-state index in [1.807, 2.05) is 40.1 Å². The van der Waals surface area contributed by atoms with Gasteiger partial charge in [-0.1, -0.05) is 50.2 Å². The van der Waals surface area contributed by atoms with Crippen LogP contribution in [-0.4, -0.2) is 53.6 Å². The molecule has 0 fully saturated rings. The number of ether oxygens (including phenoxy) is 1. The highest BCUT2D eigenvalue weighted by Crippen LogP contribution is 2.34. The number of thiophene rings is 1. The maximum Gasteiger partial charge on any atom is 0.237 e. The van der Waals surface area contributed by atoms with E-state index in [-0.39, 0.29) is 30.9 Å². The molecule has 3 aromatic rings. The molecule has 2 aromatic carbocycles.